The third kappa shape index (κ3) is 5.19. The minimum atomic E-state index is -1.16. The Balaban J connectivity index is 5.13. The fraction of sp³-hybridized carbons (Fsp3) is 0.786. The Morgan fingerprint density at radius 3 is 1.85 bits per heavy atom. The van der Waals surface area contributed by atoms with Crippen molar-refractivity contribution < 1.29 is 28.6 Å². The van der Waals surface area contributed by atoms with Crippen LogP contribution in [0.3, 0.4) is 0 Å². The number of esters is 3. The fourth-order valence-corrected chi connectivity index (χ4v) is 1.72. The van der Waals surface area contributed by atoms with E-state index in [0.29, 0.717) is 0 Å². The van der Waals surface area contributed by atoms with Crippen LogP contribution >= 0.6 is 0 Å². The Bertz CT molecular complexity index is 348. The van der Waals surface area contributed by atoms with E-state index in [9.17, 15) is 14.4 Å². The number of hydrogen-bond acceptors (Lipinski definition) is 6. The van der Waals surface area contributed by atoms with Crippen LogP contribution in [0, 0.1) is 11.3 Å². The number of ether oxygens (including phenoxy) is 3. The Labute approximate surface area is 119 Å². The SMILES string of the molecule is CCOC(=O)CC(C(=O)OCC)C(C)(C)C(=O)OCC. The van der Waals surface area contributed by atoms with Crippen molar-refractivity contribution in [3.8, 4) is 0 Å². The molecule has 0 aromatic heterocycles. The first-order valence-corrected chi connectivity index (χ1v) is 6.80. The van der Waals surface area contributed by atoms with Gasteiger partial charge in [0.15, 0.2) is 0 Å². The highest BCUT2D eigenvalue weighted by Crippen LogP contribution is 2.32. The van der Waals surface area contributed by atoms with Gasteiger partial charge in [-0.1, -0.05) is 0 Å². The van der Waals surface area contributed by atoms with Crippen molar-refractivity contribution in [1.82, 2.24) is 0 Å². The summed E-state index contributed by atoms with van der Waals surface area (Å²) in [4.78, 5) is 35.6. The van der Waals surface area contributed by atoms with E-state index in [1.807, 2.05) is 0 Å². The summed E-state index contributed by atoms with van der Waals surface area (Å²) < 4.78 is 14.7. The van der Waals surface area contributed by atoms with Crippen molar-refractivity contribution in [3.05, 3.63) is 0 Å². The molecule has 20 heavy (non-hydrogen) atoms. The molecule has 0 aromatic rings. The molecular weight excluding hydrogens is 264 g/mol. The molecule has 6 heteroatoms. The molecule has 0 bridgehead atoms. The molecule has 0 saturated carbocycles. The molecule has 0 aliphatic carbocycles. The molecule has 0 saturated heterocycles. The fourth-order valence-electron chi connectivity index (χ4n) is 1.72. The Morgan fingerprint density at radius 2 is 1.40 bits per heavy atom. The van der Waals surface area contributed by atoms with Gasteiger partial charge in [-0.15, -0.1) is 0 Å². The van der Waals surface area contributed by atoms with Crippen LogP contribution in [-0.2, 0) is 28.6 Å². The summed E-state index contributed by atoms with van der Waals surface area (Å²) in [5, 5.41) is 0. The van der Waals surface area contributed by atoms with Crippen molar-refractivity contribution in [3.63, 3.8) is 0 Å². The molecule has 0 aliphatic rings. The largest absolute Gasteiger partial charge is 0.466 e. The van der Waals surface area contributed by atoms with Crippen LogP contribution < -0.4 is 0 Å². The number of carbonyl (C=O) groups is 3. The second kappa shape index (κ2) is 8.55. The third-order valence-corrected chi connectivity index (χ3v) is 2.92. The van der Waals surface area contributed by atoms with E-state index in [2.05, 4.69) is 0 Å². The molecule has 0 spiro atoms. The summed E-state index contributed by atoms with van der Waals surface area (Å²) >= 11 is 0. The molecule has 1 unspecified atom stereocenters. The smallest absolute Gasteiger partial charge is 0.312 e. The first-order valence-electron chi connectivity index (χ1n) is 6.80. The Hall–Kier alpha value is -1.59. The quantitative estimate of drug-likeness (QED) is 0.500. The molecule has 6 nitrogen and oxygen atoms in total. The highest BCUT2D eigenvalue weighted by molar-refractivity contribution is 5.88. The van der Waals surface area contributed by atoms with Gasteiger partial charge in [-0.3, -0.25) is 14.4 Å². The van der Waals surface area contributed by atoms with Crippen LogP contribution in [0.25, 0.3) is 0 Å². The summed E-state index contributed by atoms with van der Waals surface area (Å²) in [6.07, 6.45) is -0.210. The Morgan fingerprint density at radius 1 is 0.900 bits per heavy atom. The topological polar surface area (TPSA) is 78.9 Å². The lowest BCUT2D eigenvalue weighted by molar-refractivity contribution is -0.170. The predicted molar refractivity (Wildman–Crippen MR) is 71.8 cm³/mol. The highest BCUT2D eigenvalue weighted by Gasteiger charge is 2.44. The van der Waals surface area contributed by atoms with Crippen LogP contribution in [-0.4, -0.2) is 37.7 Å². The van der Waals surface area contributed by atoms with Gasteiger partial charge >= 0.3 is 17.9 Å². The first-order chi connectivity index (χ1) is 9.31. The zero-order valence-corrected chi connectivity index (χ0v) is 12.9. The lowest BCUT2D eigenvalue weighted by Crippen LogP contribution is -2.41. The molecule has 0 aromatic carbocycles. The minimum Gasteiger partial charge on any atom is -0.466 e. The van der Waals surface area contributed by atoms with Gasteiger partial charge < -0.3 is 14.2 Å². The van der Waals surface area contributed by atoms with E-state index < -0.39 is 29.2 Å². The molecule has 0 fully saturated rings. The number of hydrogen-bond donors (Lipinski definition) is 0. The van der Waals surface area contributed by atoms with Gasteiger partial charge in [-0.25, -0.2) is 0 Å². The molecular formula is C14H24O6. The van der Waals surface area contributed by atoms with Crippen LogP contribution in [0.15, 0.2) is 0 Å². The summed E-state index contributed by atoms with van der Waals surface area (Å²) in [6.45, 7) is 8.74. The number of rotatable bonds is 8. The van der Waals surface area contributed by atoms with E-state index in [-0.39, 0.29) is 26.2 Å². The second-order valence-electron chi connectivity index (χ2n) is 4.76. The number of carbonyl (C=O) groups excluding carboxylic acids is 3. The summed E-state index contributed by atoms with van der Waals surface area (Å²) in [5.74, 6) is -2.61. The van der Waals surface area contributed by atoms with Gasteiger partial charge in [0.05, 0.1) is 37.6 Å². The van der Waals surface area contributed by atoms with Crippen LogP contribution in [0.5, 0.6) is 0 Å². The monoisotopic (exact) mass is 288 g/mol. The van der Waals surface area contributed by atoms with Gasteiger partial charge in [0, 0.05) is 0 Å². The van der Waals surface area contributed by atoms with Gasteiger partial charge in [0.2, 0.25) is 0 Å². The maximum atomic E-state index is 12.0. The van der Waals surface area contributed by atoms with Crippen molar-refractivity contribution >= 4 is 17.9 Å². The molecule has 0 N–H and O–H groups in total. The average molecular weight is 288 g/mol. The maximum Gasteiger partial charge on any atom is 0.312 e. The van der Waals surface area contributed by atoms with Crippen molar-refractivity contribution in [2.45, 2.75) is 41.0 Å². The molecule has 116 valence electrons. The summed E-state index contributed by atoms with van der Waals surface area (Å²) in [5.41, 5.74) is -1.16. The van der Waals surface area contributed by atoms with E-state index in [1.165, 1.54) is 0 Å². The van der Waals surface area contributed by atoms with Gasteiger partial charge in [-0.05, 0) is 34.6 Å². The van der Waals surface area contributed by atoms with E-state index >= 15 is 0 Å². The molecule has 0 rings (SSSR count). The van der Waals surface area contributed by atoms with E-state index in [0.717, 1.165) is 0 Å². The van der Waals surface area contributed by atoms with Gasteiger partial charge in [0.25, 0.3) is 0 Å². The maximum absolute atomic E-state index is 12.0. The second-order valence-corrected chi connectivity index (χ2v) is 4.76. The van der Waals surface area contributed by atoms with Gasteiger partial charge in [-0.2, -0.15) is 0 Å². The molecule has 0 heterocycles. The predicted octanol–water partition coefficient (Wildman–Crippen LogP) is 1.71. The van der Waals surface area contributed by atoms with Crippen LogP contribution in [0.4, 0.5) is 0 Å². The van der Waals surface area contributed by atoms with E-state index in [4.69, 9.17) is 14.2 Å². The zero-order valence-electron chi connectivity index (χ0n) is 12.9. The van der Waals surface area contributed by atoms with Crippen molar-refractivity contribution in [1.29, 1.82) is 0 Å². The highest BCUT2D eigenvalue weighted by atomic mass is 16.5. The molecule has 1 atom stereocenters. The standard InChI is InChI=1S/C14H24O6/c1-6-18-11(15)9-10(12(16)19-7-2)14(4,5)13(17)20-8-3/h10H,6-9H2,1-5H3. The Kier molecular flexibility index (Phi) is 7.87. The third-order valence-electron chi connectivity index (χ3n) is 2.92. The lowest BCUT2D eigenvalue weighted by Gasteiger charge is -2.29. The van der Waals surface area contributed by atoms with Crippen molar-refractivity contribution in [2.75, 3.05) is 19.8 Å². The zero-order chi connectivity index (χ0) is 15.8. The molecule has 0 radical (unpaired) electrons. The van der Waals surface area contributed by atoms with Crippen LogP contribution in [0.2, 0.25) is 0 Å². The van der Waals surface area contributed by atoms with Crippen LogP contribution in [0.1, 0.15) is 41.0 Å². The minimum absolute atomic E-state index is 0.178. The normalized spacial score (nSPS) is 12.4. The van der Waals surface area contributed by atoms with E-state index in [1.54, 1.807) is 34.6 Å². The van der Waals surface area contributed by atoms with Crippen molar-refractivity contribution in [2.24, 2.45) is 11.3 Å². The van der Waals surface area contributed by atoms with Gasteiger partial charge in [0.1, 0.15) is 0 Å². The summed E-state index contributed by atoms with van der Waals surface area (Å²) in [7, 11) is 0. The average Bonchev–Trinajstić information content (AvgIpc) is 2.36. The first kappa shape index (κ1) is 18.4. The lowest BCUT2D eigenvalue weighted by atomic mass is 9.77. The molecule has 0 aliphatic heterocycles. The summed E-state index contributed by atoms with van der Waals surface area (Å²) in [6, 6.07) is 0. The molecule has 0 amide bonds.